The first-order valence-corrected chi connectivity index (χ1v) is 15.7. The monoisotopic (exact) mass is 587 g/mol. The second kappa shape index (κ2) is 11.4. The molecule has 4 aromatic carbocycles. The first-order chi connectivity index (χ1) is 21.8. The number of hydrogen-bond acceptors (Lipinski definition) is 3. The zero-order chi connectivity index (χ0) is 31.1. The largest absolute Gasteiger partial charge is 0.447 e. The number of allylic oxidation sites excluding steroid dienone is 5. The third kappa shape index (κ3) is 5.51. The van der Waals surface area contributed by atoms with Crippen molar-refractivity contribution in [2.75, 3.05) is 4.90 Å². The van der Waals surface area contributed by atoms with Crippen LogP contribution < -0.4 is 4.90 Å². The summed E-state index contributed by atoms with van der Waals surface area (Å²) < 4.78 is 6.04. The van der Waals surface area contributed by atoms with Crippen LogP contribution in [0.3, 0.4) is 0 Å². The molecule has 0 saturated carbocycles. The molecule has 4 nitrogen and oxygen atoms in total. The molecule has 0 aliphatic heterocycles. The minimum Gasteiger partial charge on any atom is -0.447 e. The highest BCUT2D eigenvalue weighted by Crippen LogP contribution is 2.51. The van der Waals surface area contributed by atoms with Gasteiger partial charge in [0.15, 0.2) is 5.58 Å². The first kappa shape index (κ1) is 28.6. The minimum absolute atomic E-state index is 0.0236. The van der Waals surface area contributed by atoms with E-state index in [9.17, 15) is 0 Å². The summed E-state index contributed by atoms with van der Waals surface area (Å²) >= 11 is 0. The second-order valence-corrected chi connectivity index (χ2v) is 13.1. The van der Waals surface area contributed by atoms with Crippen molar-refractivity contribution in [1.29, 1.82) is 0 Å². The Kier molecular flexibility index (Phi) is 7.26. The number of hydrogen-bond donors (Lipinski definition) is 0. The molecule has 5 aromatic rings. The van der Waals surface area contributed by atoms with Gasteiger partial charge in [-0.2, -0.15) is 0 Å². The maximum Gasteiger partial charge on any atom is 0.250 e. The fourth-order valence-electron chi connectivity index (χ4n) is 6.96. The lowest BCUT2D eigenvalue weighted by Gasteiger charge is -2.42. The lowest BCUT2D eigenvalue weighted by molar-refractivity contribution is 0.228. The van der Waals surface area contributed by atoms with Gasteiger partial charge in [-0.1, -0.05) is 85.7 Å². The number of aromatic nitrogens is 1. The Morgan fingerprint density at radius 1 is 0.822 bits per heavy atom. The Morgan fingerprint density at radius 3 is 2.02 bits per heavy atom. The number of para-hydroxylation sites is 2. The van der Waals surface area contributed by atoms with E-state index in [0.29, 0.717) is 23.1 Å². The molecule has 0 saturated heterocycles. The van der Waals surface area contributed by atoms with E-state index < -0.39 is 0 Å². The van der Waals surface area contributed by atoms with E-state index in [1.54, 1.807) is 0 Å². The standard InChI is InChI=1S/C41H37N3O/c1-27-10-17-33(18-11-27)44(34-19-12-28(2)13-20-34)35-21-14-29(15-22-35)30-16-23-36-31(24-30)25-32(26-41(36,3)4)39(42-5)40-43-37-8-6-7-9-38(37)45-40/h6-15,17-22,24-25,36H,16,23,26H2,1-4H3/b39-32+. The fourth-order valence-corrected chi connectivity index (χ4v) is 6.96. The lowest BCUT2D eigenvalue weighted by atomic mass is 9.62. The summed E-state index contributed by atoms with van der Waals surface area (Å²) in [7, 11) is 0. The average molecular weight is 588 g/mol. The molecule has 2 aliphatic rings. The molecule has 0 fully saturated rings. The molecule has 0 amide bonds. The van der Waals surface area contributed by atoms with Gasteiger partial charge in [-0.3, -0.25) is 0 Å². The van der Waals surface area contributed by atoms with Crippen LogP contribution in [0, 0.1) is 31.8 Å². The van der Waals surface area contributed by atoms with Gasteiger partial charge in [0.1, 0.15) is 5.52 Å². The molecule has 0 bridgehead atoms. The van der Waals surface area contributed by atoms with Gasteiger partial charge in [-0.05, 0) is 115 Å². The lowest BCUT2D eigenvalue weighted by Crippen LogP contribution is -2.31. The molecule has 1 aromatic heterocycles. The first-order valence-electron chi connectivity index (χ1n) is 15.7. The molecule has 7 rings (SSSR count). The molecule has 4 heteroatoms. The van der Waals surface area contributed by atoms with Crippen molar-refractivity contribution >= 4 is 39.4 Å². The van der Waals surface area contributed by atoms with Gasteiger partial charge in [0, 0.05) is 17.1 Å². The van der Waals surface area contributed by atoms with Crippen molar-refractivity contribution in [3.05, 3.63) is 154 Å². The van der Waals surface area contributed by atoms with Crippen LogP contribution in [-0.4, -0.2) is 4.98 Å². The molecule has 1 heterocycles. The molecule has 0 spiro atoms. The number of oxazole rings is 1. The Hall–Kier alpha value is -5.14. The molecular formula is C41H37N3O. The number of fused-ring (bicyclic) bond motifs is 2. The maximum absolute atomic E-state index is 8.06. The van der Waals surface area contributed by atoms with Crippen molar-refractivity contribution in [1.82, 2.24) is 4.98 Å². The van der Waals surface area contributed by atoms with Crippen molar-refractivity contribution in [2.45, 2.75) is 47.0 Å². The maximum atomic E-state index is 8.06. The minimum atomic E-state index is 0.0236. The predicted molar refractivity (Wildman–Crippen MR) is 185 cm³/mol. The van der Waals surface area contributed by atoms with Crippen molar-refractivity contribution in [3.63, 3.8) is 0 Å². The fraction of sp³-hybridized carbons (Fsp3) is 0.220. The Morgan fingerprint density at radius 2 is 1.42 bits per heavy atom. The number of rotatable bonds is 5. The molecule has 45 heavy (non-hydrogen) atoms. The summed E-state index contributed by atoms with van der Waals surface area (Å²) in [5, 5.41) is 0. The van der Waals surface area contributed by atoms with Crippen molar-refractivity contribution in [2.24, 2.45) is 11.3 Å². The van der Waals surface area contributed by atoms with E-state index >= 15 is 0 Å². The van der Waals surface area contributed by atoms with E-state index in [0.717, 1.165) is 47.4 Å². The molecule has 0 radical (unpaired) electrons. The van der Waals surface area contributed by atoms with E-state index in [1.165, 1.54) is 27.8 Å². The quantitative estimate of drug-likeness (QED) is 0.192. The average Bonchev–Trinajstić information content (AvgIpc) is 3.47. The van der Waals surface area contributed by atoms with Crippen LogP contribution in [0.25, 0.3) is 27.2 Å². The predicted octanol–water partition coefficient (Wildman–Crippen LogP) is 11.4. The molecule has 1 unspecified atom stereocenters. The summed E-state index contributed by atoms with van der Waals surface area (Å²) in [6.07, 6.45) is 7.56. The van der Waals surface area contributed by atoms with Crippen molar-refractivity contribution in [3.8, 4) is 0 Å². The number of nitrogens with zero attached hydrogens (tertiary/aromatic N) is 3. The van der Waals surface area contributed by atoms with Crippen molar-refractivity contribution < 1.29 is 4.42 Å². The third-order valence-corrected chi connectivity index (χ3v) is 9.37. The van der Waals surface area contributed by atoms with Gasteiger partial charge >= 0.3 is 0 Å². The topological polar surface area (TPSA) is 33.6 Å². The normalized spacial score (nSPS) is 18.4. The number of anilines is 3. The van der Waals surface area contributed by atoms with Gasteiger partial charge in [-0.25, -0.2) is 9.83 Å². The summed E-state index contributed by atoms with van der Waals surface area (Å²) in [5.41, 5.74) is 12.8. The van der Waals surface area contributed by atoms with Crippen LogP contribution in [0.1, 0.15) is 55.7 Å². The molecule has 0 N–H and O–H groups in total. The van der Waals surface area contributed by atoms with E-state index in [4.69, 9.17) is 11.0 Å². The summed E-state index contributed by atoms with van der Waals surface area (Å²) in [6, 6.07) is 34.1. The van der Waals surface area contributed by atoms with Crippen LogP contribution in [0.2, 0.25) is 0 Å². The van der Waals surface area contributed by atoms with Gasteiger partial charge in [0.25, 0.3) is 5.70 Å². The summed E-state index contributed by atoms with van der Waals surface area (Å²) in [5.74, 6) is 0.855. The Bertz CT molecular complexity index is 1940. The molecule has 222 valence electrons. The van der Waals surface area contributed by atoms with Gasteiger partial charge in [0.2, 0.25) is 5.89 Å². The van der Waals surface area contributed by atoms with E-state index in [-0.39, 0.29) is 5.41 Å². The van der Waals surface area contributed by atoms with Gasteiger partial charge in [-0.15, -0.1) is 0 Å². The zero-order valence-corrected chi connectivity index (χ0v) is 26.3. The molecular weight excluding hydrogens is 550 g/mol. The second-order valence-electron chi connectivity index (χ2n) is 13.1. The molecule has 1 atom stereocenters. The Labute approximate surface area is 265 Å². The smallest absolute Gasteiger partial charge is 0.250 e. The highest BCUT2D eigenvalue weighted by Gasteiger charge is 2.38. The van der Waals surface area contributed by atoms with Crippen LogP contribution in [0.15, 0.2) is 125 Å². The van der Waals surface area contributed by atoms with Gasteiger partial charge < -0.3 is 9.32 Å². The highest BCUT2D eigenvalue weighted by atomic mass is 16.3. The van der Waals surface area contributed by atoms with Crippen LogP contribution in [-0.2, 0) is 0 Å². The number of benzene rings is 4. The van der Waals surface area contributed by atoms with E-state index in [1.807, 2.05) is 24.3 Å². The van der Waals surface area contributed by atoms with E-state index in [2.05, 4.69) is 127 Å². The van der Waals surface area contributed by atoms with Gasteiger partial charge in [0.05, 0.1) is 6.57 Å². The van der Waals surface area contributed by atoms with Crippen LogP contribution in [0.5, 0.6) is 0 Å². The molecule has 2 aliphatic carbocycles. The number of aryl methyl sites for hydroxylation is 2. The van der Waals surface area contributed by atoms with Crippen LogP contribution in [0.4, 0.5) is 17.1 Å². The summed E-state index contributed by atoms with van der Waals surface area (Å²) in [4.78, 5) is 10.9. The zero-order valence-electron chi connectivity index (χ0n) is 26.3. The Balaban J connectivity index is 1.24. The SMILES string of the molecule is [C-]#[N+]/C(=C1\C=C2C=C(c3ccc(N(c4ccc(C)cc4)c4ccc(C)cc4)cc3)CCC2C(C)(C)C1)c1nc2ccccc2o1. The van der Waals surface area contributed by atoms with Crippen LogP contribution >= 0.6 is 0 Å². The highest BCUT2D eigenvalue weighted by molar-refractivity contribution is 5.81. The third-order valence-electron chi connectivity index (χ3n) is 9.37. The summed E-state index contributed by atoms with van der Waals surface area (Å²) in [6.45, 7) is 17.0.